The van der Waals surface area contributed by atoms with Crippen molar-refractivity contribution in [3.63, 3.8) is 0 Å². The van der Waals surface area contributed by atoms with E-state index >= 15 is 0 Å². The van der Waals surface area contributed by atoms with Crippen molar-refractivity contribution < 1.29 is 9.53 Å². The van der Waals surface area contributed by atoms with Gasteiger partial charge in [-0.3, -0.25) is 4.79 Å². The van der Waals surface area contributed by atoms with E-state index < -0.39 is 0 Å². The zero-order chi connectivity index (χ0) is 15.6. The normalized spacial score (nSPS) is 14.4. The zero-order valence-corrected chi connectivity index (χ0v) is 13.8. The molecule has 2 atom stereocenters. The van der Waals surface area contributed by atoms with Gasteiger partial charge in [-0.15, -0.1) is 0 Å². The Morgan fingerprint density at radius 1 is 1.40 bits per heavy atom. The first-order chi connectivity index (χ1) is 9.26. The predicted octanol–water partition coefficient (Wildman–Crippen LogP) is 2.70. The molecule has 20 heavy (non-hydrogen) atoms. The number of nitrogens with one attached hydrogen (secondary N) is 2. The second-order valence-corrected chi connectivity index (χ2v) is 6.63. The molecule has 0 rings (SSSR count). The summed E-state index contributed by atoms with van der Waals surface area (Å²) in [4.78, 5) is 10.2. The standard InChI is InChI=1S/C16H32N2O2/c1-13(2)20-10-15(4)18-11-16(5,6)9-14(3)7-8-17-12-19/h12,14-15,18H,1,7-11H2,2-6H3,(H,17,19). The maximum absolute atomic E-state index is 10.2. The monoisotopic (exact) mass is 284 g/mol. The van der Waals surface area contributed by atoms with E-state index in [4.69, 9.17) is 4.74 Å². The SMILES string of the molecule is C=C(C)OCC(C)NCC(C)(C)CC(C)CCNC=O. The van der Waals surface area contributed by atoms with Crippen molar-refractivity contribution in [2.24, 2.45) is 11.3 Å². The highest BCUT2D eigenvalue weighted by Gasteiger charge is 2.21. The van der Waals surface area contributed by atoms with E-state index in [0.29, 0.717) is 18.6 Å². The Bertz CT molecular complexity index is 290. The molecule has 0 aliphatic heterocycles. The highest BCUT2D eigenvalue weighted by atomic mass is 16.5. The van der Waals surface area contributed by atoms with Crippen LogP contribution in [0.4, 0.5) is 0 Å². The number of hydrogen-bond acceptors (Lipinski definition) is 3. The van der Waals surface area contributed by atoms with Crippen LogP contribution in [0.15, 0.2) is 12.3 Å². The van der Waals surface area contributed by atoms with Gasteiger partial charge in [0.25, 0.3) is 0 Å². The van der Waals surface area contributed by atoms with Crippen molar-refractivity contribution in [2.45, 2.75) is 53.5 Å². The van der Waals surface area contributed by atoms with Gasteiger partial charge in [-0.2, -0.15) is 0 Å². The lowest BCUT2D eigenvalue weighted by atomic mass is 9.82. The minimum Gasteiger partial charge on any atom is -0.497 e. The Morgan fingerprint density at radius 3 is 2.60 bits per heavy atom. The molecule has 2 N–H and O–H groups in total. The number of amides is 1. The molecule has 0 aliphatic rings. The molecule has 0 bridgehead atoms. The molecule has 1 amide bonds. The van der Waals surface area contributed by atoms with E-state index in [1.807, 2.05) is 6.92 Å². The number of carbonyl (C=O) groups excluding carboxylic acids is 1. The van der Waals surface area contributed by atoms with Crippen molar-refractivity contribution in [3.8, 4) is 0 Å². The quantitative estimate of drug-likeness (QED) is 0.329. The Morgan fingerprint density at radius 2 is 2.05 bits per heavy atom. The summed E-state index contributed by atoms with van der Waals surface area (Å²) >= 11 is 0. The van der Waals surface area contributed by atoms with Crippen LogP contribution in [0.25, 0.3) is 0 Å². The summed E-state index contributed by atoms with van der Waals surface area (Å²) in [6, 6.07) is 0.318. The molecule has 0 aliphatic carbocycles. The topological polar surface area (TPSA) is 50.4 Å². The number of hydrogen-bond donors (Lipinski definition) is 2. The Labute approximate surface area is 124 Å². The van der Waals surface area contributed by atoms with E-state index in [1.165, 1.54) is 0 Å². The Balaban J connectivity index is 3.92. The van der Waals surface area contributed by atoms with Crippen molar-refractivity contribution in [1.82, 2.24) is 10.6 Å². The van der Waals surface area contributed by atoms with E-state index in [0.717, 1.165) is 38.1 Å². The molecule has 0 radical (unpaired) electrons. The van der Waals surface area contributed by atoms with Crippen LogP contribution in [0.1, 0.15) is 47.5 Å². The molecular weight excluding hydrogens is 252 g/mol. The molecule has 4 nitrogen and oxygen atoms in total. The maximum Gasteiger partial charge on any atom is 0.207 e. The van der Waals surface area contributed by atoms with Crippen LogP contribution in [0, 0.1) is 11.3 Å². The largest absolute Gasteiger partial charge is 0.497 e. The van der Waals surface area contributed by atoms with Gasteiger partial charge in [-0.05, 0) is 38.0 Å². The first kappa shape index (κ1) is 19.0. The highest BCUT2D eigenvalue weighted by Crippen LogP contribution is 2.26. The van der Waals surface area contributed by atoms with Gasteiger partial charge in [0.15, 0.2) is 0 Å². The summed E-state index contributed by atoms with van der Waals surface area (Å²) in [6.45, 7) is 16.9. The zero-order valence-electron chi connectivity index (χ0n) is 13.8. The summed E-state index contributed by atoms with van der Waals surface area (Å²) < 4.78 is 5.42. The van der Waals surface area contributed by atoms with Crippen molar-refractivity contribution in [2.75, 3.05) is 19.7 Å². The molecule has 118 valence electrons. The lowest BCUT2D eigenvalue weighted by Crippen LogP contribution is -2.38. The predicted molar refractivity (Wildman–Crippen MR) is 84.5 cm³/mol. The van der Waals surface area contributed by atoms with E-state index in [-0.39, 0.29) is 5.41 Å². The molecule has 0 saturated carbocycles. The van der Waals surface area contributed by atoms with Crippen LogP contribution in [0.3, 0.4) is 0 Å². The summed E-state index contributed by atoms with van der Waals surface area (Å²) in [5, 5.41) is 6.23. The molecular formula is C16H32N2O2. The summed E-state index contributed by atoms with van der Waals surface area (Å²) in [7, 11) is 0. The van der Waals surface area contributed by atoms with Gasteiger partial charge in [-0.1, -0.05) is 27.4 Å². The van der Waals surface area contributed by atoms with E-state index in [2.05, 4.69) is 44.9 Å². The number of allylic oxidation sites excluding steroid dienone is 1. The van der Waals surface area contributed by atoms with Gasteiger partial charge in [0, 0.05) is 19.1 Å². The average Bonchev–Trinajstić information content (AvgIpc) is 2.33. The molecule has 0 fully saturated rings. The van der Waals surface area contributed by atoms with Crippen LogP contribution in [0.5, 0.6) is 0 Å². The smallest absolute Gasteiger partial charge is 0.207 e. The van der Waals surface area contributed by atoms with Crippen molar-refractivity contribution in [1.29, 1.82) is 0 Å². The van der Waals surface area contributed by atoms with Gasteiger partial charge in [0.2, 0.25) is 6.41 Å². The van der Waals surface area contributed by atoms with Crippen LogP contribution in [0.2, 0.25) is 0 Å². The molecule has 0 aromatic rings. The molecule has 0 aromatic heterocycles. The second-order valence-electron chi connectivity index (χ2n) is 6.63. The fourth-order valence-electron chi connectivity index (χ4n) is 2.28. The number of rotatable bonds is 12. The van der Waals surface area contributed by atoms with Crippen LogP contribution >= 0.6 is 0 Å². The first-order valence-electron chi connectivity index (χ1n) is 7.45. The third-order valence-electron chi connectivity index (χ3n) is 3.27. The van der Waals surface area contributed by atoms with Crippen LogP contribution in [-0.4, -0.2) is 32.1 Å². The Kier molecular flexibility index (Phi) is 9.30. The molecule has 0 saturated heterocycles. The van der Waals surface area contributed by atoms with E-state index in [9.17, 15) is 4.79 Å². The summed E-state index contributed by atoms with van der Waals surface area (Å²) in [5.41, 5.74) is 0.234. The molecule has 0 spiro atoms. The third kappa shape index (κ3) is 10.9. The lowest BCUT2D eigenvalue weighted by molar-refractivity contribution is -0.109. The second kappa shape index (κ2) is 9.81. The maximum atomic E-state index is 10.2. The molecule has 0 heterocycles. The van der Waals surface area contributed by atoms with Gasteiger partial charge in [0.05, 0.1) is 5.76 Å². The molecule has 4 heteroatoms. The highest BCUT2D eigenvalue weighted by molar-refractivity contribution is 5.45. The van der Waals surface area contributed by atoms with Crippen LogP contribution in [-0.2, 0) is 9.53 Å². The van der Waals surface area contributed by atoms with Gasteiger partial charge in [0.1, 0.15) is 6.61 Å². The minimum atomic E-state index is 0.234. The van der Waals surface area contributed by atoms with Crippen LogP contribution < -0.4 is 10.6 Å². The number of ether oxygens (including phenoxy) is 1. The number of carbonyl (C=O) groups is 1. The van der Waals surface area contributed by atoms with Gasteiger partial charge < -0.3 is 15.4 Å². The van der Waals surface area contributed by atoms with E-state index in [1.54, 1.807) is 0 Å². The minimum absolute atomic E-state index is 0.234. The van der Waals surface area contributed by atoms with Gasteiger partial charge in [-0.25, -0.2) is 0 Å². The van der Waals surface area contributed by atoms with Crippen molar-refractivity contribution in [3.05, 3.63) is 12.3 Å². The molecule has 0 aromatic carbocycles. The fraction of sp³-hybridized carbons (Fsp3) is 0.812. The molecule has 2 unspecified atom stereocenters. The average molecular weight is 284 g/mol. The lowest BCUT2D eigenvalue weighted by Gasteiger charge is -2.30. The summed E-state index contributed by atoms with van der Waals surface area (Å²) in [5.74, 6) is 1.36. The fourth-order valence-corrected chi connectivity index (χ4v) is 2.28. The van der Waals surface area contributed by atoms with Gasteiger partial charge >= 0.3 is 0 Å². The summed E-state index contributed by atoms with van der Waals surface area (Å²) in [6.07, 6.45) is 2.92. The third-order valence-corrected chi connectivity index (χ3v) is 3.27. The van der Waals surface area contributed by atoms with Crippen molar-refractivity contribution >= 4 is 6.41 Å². The first-order valence-corrected chi connectivity index (χ1v) is 7.45. The Hall–Kier alpha value is -1.03.